The van der Waals surface area contributed by atoms with Crippen molar-refractivity contribution in [1.29, 1.82) is 0 Å². The van der Waals surface area contributed by atoms with Crippen LogP contribution in [0.15, 0.2) is 99.6 Å². The van der Waals surface area contributed by atoms with E-state index in [0.717, 1.165) is 139 Å². The average Bonchev–Trinajstić information content (AvgIpc) is 3.27. The Labute approximate surface area is 480 Å². The highest BCUT2D eigenvalue weighted by atomic mass is 16.7. The number of rotatable bonds is 9. The second-order valence-electron chi connectivity index (χ2n) is 28.2. The first kappa shape index (κ1) is 54.3. The van der Waals surface area contributed by atoms with Gasteiger partial charge in [-0.3, -0.25) is 14.9 Å². The number of ketones is 2. The molecule has 13 heteroatoms. The van der Waals surface area contributed by atoms with Crippen LogP contribution in [0.2, 0.25) is 0 Å². The van der Waals surface area contributed by atoms with Crippen LogP contribution in [-0.2, 0) is 20.7 Å². The molecule has 81 heavy (non-hydrogen) atoms. The Morgan fingerprint density at radius 1 is 0.975 bits per heavy atom. The highest BCUT2D eigenvalue weighted by Crippen LogP contribution is 2.67. The van der Waals surface area contributed by atoms with Crippen molar-refractivity contribution in [3.05, 3.63) is 116 Å². The molecule has 2 spiro atoms. The van der Waals surface area contributed by atoms with E-state index in [0.29, 0.717) is 37.3 Å². The summed E-state index contributed by atoms with van der Waals surface area (Å²) in [5.74, 6) is 0.295. The van der Waals surface area contributed by atoms with Crippen LogP contribution in [-0.4, -0.2) is 102 Å². The number of likely N-dealkylation sites (N-methyl/N-ethyl adjacent to an activating group) is 1. The number of nitrogens with one attached hydrogen (secondary N) is 6. The van der Waals surface area contributed by atoms with E-state index in [1.807, 2.05) is 26.1 Å². The topological polar surface area (TPSA) is 186 Å². The number of aliphatic hydroxyl groups is 2. The van der Waals surface area contributed by atoms with E-state index in [1.165, 1.54) is 27.9 Å². The minimum atomic E-state index is -2.26. The quantitative estimate of drug-likeness (QED) is 0.0508. The van der Waals surface area contributed by atoms with Gasteiger partial charge in [0.1, 0.15) is 11.9 Å². The molecule has 13 aliphatic rings. The lowest BCUT2D eigenvalue weighted by Crippen LogP contribution is -2.69. The summed E-state index contributed by atoms with van der Waals surface area (Å²) < 4.78 is 14.5. The molecule has 5 fully saturated rings. The van der Waals surface area contributed by atoms with Crippen LogP contribution in [0.1, 0.15) is 175 Å². The van der Waals surface area contributed by atoms with Gasteiger partial charge in [0.15, 0.2) is 11.4 Å². The Bertz CT molecular complexity index is 3000. The Kier molecular flexibility index (Phi) is 13.8. The van der Waals surface area contributed by atoms with E-state index in [4.69, 9.17) is 9.47 Å². The predicted molar refractivity (Wildman–Crippen MR) is 312 cm³/mol. The van der Waals surface area contributed by atoms with Gasteiger partial charge in [0.25, 0.3) is 5.60 Å². The number of fused-ring (bicyclic) bond motifs is 6. The molecule has 3 saturated carbocycles. The van der Waals surface area contributed by atoms with E-state index in [-0.39, 0.29) is 88.6 Å². The average molecular weight is 1100 g/mol. The number of allylic oxidation sites excluding steroid dienone is 8. The molecule has 0 radical (unpaired) electrons. The Balaban J connectivity index is 0.939. The number of carbonyl (C=O) groups excluding carboxylic acids is 3. The van der Waals surface area contributed by atoms with Gasteiger partial charge in [-0.1, -0.05) is 93.7 Å². The molecule has 0 aromatic heterocycles. The maximum atomic E-state index is 16.6. The second kappa shape index (κ2) is 20.6. The van der Waals surface area contributed by atoms with Crippen molar-refractivity contribution in [1.82, 2.24) is 31.9 Å². The van der Waals surface area contributed by atoms with Gasteiger partial charge in [-0.2, -0.15) is 0 Å². The van der Waals surface area contributed by atoms with Gasteiger partial charge in [0.05, 0.1) is 25.0 Å². The monoisotopic (exact) mass is 1100 g/mol. The number of benzene rings is 1. The first-order valence-electron chi connectivity index (χ1n) is 32.0. The van der Waals surface area contributed by atoms with Gasteiger partial charge >= 0.3 is 5.97 Å². The zero-order chi connectivity index (χ0) is 55.6. The number of ether oxygens (including phenoxy) is 2. The summed E-state index contributed by atoms with van der Waals surface area (Å²) in [7, 11) is 1.97. The maximum absolute atomic E-state index is 16.6. The summed E-state index contributed by atoms with van der Waals surface area (Å²) in [6, 6.07) is 5.68. The molecule has 14 rings (SSSR count). The maximum Gasteiger partial charge on any atom is 0.350 e. The van der Waals surface area contributed by atoms with Crippen LogP contribution >= 0.6 is 0 Å². The summed E-state index contributed by atoms with van der Waals surface area (Å²) in [6.45, 7) is 8.56. The highest BCUT2D eigenvalue weighted by molar-refractivity contribution is 6.33. The number of hydrogen-bond acceptors (Lipinski definition) is 13. The van der Waals surface area contributed by atoms with E-state index in [2.05, 4.69) is 82.3 Å². The van der Waals surface area contributed by atoms with Crippen LogP contribution in [0.5, 0.6) is 0 Å². The second-order valence-corrected chi connectivity index (χ2v) is 28.2. The van der Waals surface area contributed by atoms with Crippen LogP contribution in [0.4, 0.5) is 0 Å². The fraction of sp³-hybridized carbons (Fsp3) is 0.662. The molecule has 1 unspecified atom stereocenters. The first-order chi connectivity index (χ1) is 39.3. The molecular weight excluding hydrogens is 1010 g/mol. The summed E-state index contributed by atoms with van der Waals surface area (Å²) >= 11 is 0. The van der Waals surface area contributed by atoms with Gasteiger partial charge in [-0.15, -0.1) is 0 Å². The van der Waals surface area contributed by atoms with Gasteiger partial charge in [-0.05, 0) is 209 Å². The summed E-state index contributed by atoms with van der Waals surface area (Å²) in [5.41, 5.74) is 4.17. The van der Waals surface area contributed by atoms with E-state index in [9.17, 15) is 10.2 Å². The summed E-state index contributed by atoms with van der Waals surface area (Å²) in [5, 5.41) is 47.2. The largest absolute Gasteiger partial charge is 0.459 e. The Morgan fingerprint density at radius 3 is 2.65 bits per heavy atom. The number of Topliss-reactive ketones (excluding diaryl/α,β-unsaturated/α-hetero) is 2. The first-order valence-corrected chi connectivity index (χ1v) is 32.0. The third-order valence-electron chi connectivity index (χ3n) is 23.9. The molecule has 434 valence electrons. The van der Waals surface area contributed by atoms with Crippen LogP contribution in [0, 0.1) is 52.3 Å². The van der Waals surface area contributed by atoms with Crippen molar-refractivity contribution in [2.24, 2.45) is 52.3 Å². The molecule has 0 amide bonds. The number of epoxide rings is 1. The minimum Gasteiger partial charge on any atom is -0.459 e. The normalized spacial score (nSPS) is 41.0. The van der Waals surface area contributed by atoms with E-state index < -0.39 is 40.7 Å². The van der Waals surface area contributed by atoms with Crippen molar-refractivity contribution >= 4 is 17.5 Å². The highest BCUT2D eigenvalue weighted by Gasteiger charge is 2.86. The molecule has 1 aromatic rings. The molecule has 1 aromatic carbocycles. The van der Waals surface area contributed by atoms with Crippen molar-refractivity contribution < 1.29 is 34.1 Å². The Morgan fingerprint density at radius 2 is 1.83 bits per heavy atom. The number of dihydropyridines is 2. The number of hydrogen-bond donors (Lipinski definition) is 8. The zero-order valence-corrected chi connectivity index (χ0v) is 48.7. The van der Waals surface area contributed by atoms with Gasteiger partial charge in [0.2, 0.25) is 5.78 Å². The van der Waals surface area contributed by atoms with Gasteiger partial charge in [0, 0.05) is 47.7 Å². The third kappa shape index (κ3) is 8.59. The lowest BCUT2D eigenvalue weighted by Gasteiger charge is -2.64. The summed E-state index contributed by atoms with van der Waals surface area (Å²) in [6.07, 6.45) is 31.3. The van der Waals surface area contributed by atoms with Crippen LogP contribution in [0.25, 0.3) is 0 Å². The minimum absolute atomic E-state index is 0.0282. The predicted octanol–water partition coefficient (Wildman–Crippen LogP) is 8.96. The molecule has 12 bridgehead atoms. The molecule has 13 nitrogen and oxygen atoms in total. The number of esters is 1. The van der Waals surface area contributed by atoms with Crippen molar-refractivity contribution in [3.8, 4) is 0 Å². The zero-order valence-electron chi connectivity index (χ0n) is 48.7. The molecule has 15 atom stereocenters. The fourth-order valence-corrected chi connectivity index (χ4v) is 20.1. The number of aliphatic hydroxyl groups excluding tert-OH is 2. The van der Waals surface area contributed by atoms with Crippen molar-refractivity contribution in [2.75, 3.05) is 33.3 Å². The van der Waals surface area contributed by atoms with Crippen molar-refractivity contribution in [3.63, 3.8) is 0 Å². The lowest BCUT2D eigenvalue weighted by molar-refractivity contribution is -0.203. The van der Waals surface area contributed by atoms with Crippen LogP contribution in [0.3, 0.4) is 0 Å². The Hall–Kier alpha value is -4.63. The fourth-order valence-electron chi connectivity index (χ4n) is 20.1. The SMILES string of the molecule is CCN[C@@]12C=C3C=CC[C@H]4CCCC[C@@]5(C)CC6=CNC7NCC[C@H](CC7=C6)[C@H]6[C@H](C1)[C@@H](C[C@H](O)C61CCCC1)[C@H](OC(=O)[C@]16O[C@@]1(C/C(CO)=C(\C)CCC1=CCNC7=C1CC[C@@H](NC)N7)C(=O)c1cccc(c1C6=O)C5)[C@@H]2C[C@H]34. The van der Waals surface area contributed by atoms with Gasteiger partial charge < -0.3 is 46.3 Å². The van der Waals surface area contributed by atoms with Crippen LogP contribution < -0.4 is 31.9 Å². The van der Waals surface area contributed by atoms with E-state index >= 15 is 14.4 Å². The van der Waals surface area contributed by atoms with E-state index in [1.54, 1.807) is 6.07 Å². The molecule has 7 heterocycles. The smallest absolute Gasteiger partial charge is 0.350 e. The standard InChI is InChI=1S/C68H90N6O7/c1-5-73-66-34-44-14-10-13-41-12-6-7-23-64(3)32-40-28-46-29-43(22-27-70-61(46)72-37-40)57-52(36-66)51(31-54(76)65(57)24-8-9-25-65)58(53(66)30-50(41)44)80-63(79)68-60(78)56-45(33-64)15-11-16-49(56)59(77)67(68,81-68)35-47(38-75)39(2)17-18-42-21-26-71-62-48(42)19-20-55(69-4)74-62/h10-11,14-16,21,28,34,37,41,43,50-55,57-58,61,69-76H,5-9,12-13,17-20,22-27,29-33,35-36,38H2,1-4H3/b47-39-/t41-,43-,50+,51-,52-,53+,54+,55+,57+,58+,61?,64+,66+,67+,68+/m1/s1. The molecule has 6 aliphatic carbocycles. The molecule has 8 N–H and O–H groups in total. The molecular formula is C68H90N6O7. The number of carbonyl (C=O) groups is 3. The lowest BCUT2D eigenvalue weighted by atomic mass is 9.44. The third-order valence-corrected chi connectivity index (χ3v) is 23.9. The molecule has 2 saturated heterocycles. The molecule has 7 aliphatic heterocycles. The van der Waals surface area contributed by atoms with Crippen molar-refractivity contribution in [2.45, 2.75) is 197 Å². The summed E-state index contributed by atoms with van der Waals surface area (Å²) in [4.78, 5) is 49.1. The van der Waals surface area contributed by atoms with Gasteiger partial charge in [-0.25, -0.2) is 4.79 Å².